The predicted molar refractivity (Wildman–Crippen MR) is 126 cm³/mol. The molecular formula is C27H24N2O4. The van der Waals surface area contributed by atoms with Crippen LogP contribution in [0.4, 0.5) is 5.69 Å². The van der Waals surface area contributed by atoms with Gasteiger partial charge in [-0.1, -0.05) is 60.7 Å². The number of hydrogen-bond acceptors (Lipinski definition) is 4. The summed E-state index contributed by atoms with van der Waals surface area (Å²) in [4.78, 5) is 25.5. The number of hydrogen-bond donors (Lipinski definition) is 2. The third-order valence-electron chi connectivity index (χ3n) is 5.02. The number of carbonyl (C=O) groups excluding carboxylic acids is 2. The Kier molecular flexibility index (Phi) is 7.18. The maximum Gasteiger partial charge on any atom is 0.287 e. The van der Waals surface area contributed by atoms with Crippen LogP contribution in [0, 0.1) is 0 Å². The molecule has 0 spiro atoms. The highest BCUT2D eigenvalue weighted by atomic mass is 16.5. The number of anilines is 1. The summed E-state index contributed by atoms with van der Waals surface area (Å²) in [7, 11) is 0. The lowest BCUT2D eigenvalue weighted by Gasteiger charge is -2.18. The molecule has 4 rings (SSSR count). The van der Waals surface area contributed by atoms with E-state index in [2.05, 4.69) is 10.6 Å². The lowest BCUT2D eigenvalue weighted by atomic mass is 10.0. The molecule has 0 saturated carbocycles. The number of furan rings is 1. The Morgan fingerprint density at radius 2 is 1.45 bits per heavy atom. The largest absolute Gasteiger partial charge is 0.489 e. The first-order chi connectivity index (χ1) is 16.2. The Morgan fingerprint density at radius 3 is 2.09 bits per heavy atom. The molecule has 0 aliphatic carbocycles. The minimum atomic E-state index is -0.779. The van der Waals surface area contributed by atoms with Crippen molar-refractivity contribution in [3.05, 3.63) is 120 Å². The molecule has 33 heavy (non-hydrogen) atoms. The lowest BCUT2D eigenvalue weighted by Crippen LogP contribution is -2.45. The highest BCUT2D eigenvalue weighted by Crippen LogP contribution is 2.18. The van der Waals surface area contributed by atoms with E-state index in [1.54, 1.807) is 36.4 Å². The highest BCUT2D eigenvalue weighted by Gasteiger charge is 2.23. The quantitative estimate of drug-likeness (QED) is 0.390. The molecule has 0 aliphatic heterocycles. The number of amides is 2. The molecule has 0 fully saturated rings. The fourth-order valence-corrected chi connectivity index (χ4v) is 3.30. The second-order valence-corrected chi connectivity index (χ2v) is 7.48. The van der Waals surface area contributed by atoms with Crippen LogP contribution in [0.2, 0.25) is 0 Å². The summed E-state index contributed by atoms with van der Waals surface area (Å²) in [6, 6.07) is 29.0. The Bertz CT molecular complexity index is 1160. The summed E-state index contributed by atoms with van der Waals surface area (Å²) >= 11 is 0. The number of nitrogens with one attached hydrogen (secondary N) is 2. The zero-order chi connectivity index (χ0) is 22.9. The third-order valence-corrected chi connectivity index (χ3v) is 5.02. The van der Waals surface area contributed by atoms with E-state index < -0.39 is 11.9 Å². The molecular weight excluding hydrogens is 416 g/mol. The Morgan fingerprint density at radius 1 is 0.788 bits per heavy atom. The van der Waals surface area contributed by atoms with Crippen LogP contribution < -0.4 is 15.4 Å². The van der Waals surface area contributed by atoms with E-state index in [1.165, 1.54) is 6.26 Å². The van der Waals surface area contributed by atoms with Crippen LogP contribution in [0.25, 0.3) is 0 Å². The van der Waals surface area contributed by atoms with Crippen LogP contribution >= 0.6 is 0 Å². The molecule has 1 atom stereocenters. The summed E-state index contributed by atoms with van der Waals surface area (Å²) in [5, 5.41) is 5.64. The molecule has 0 saturated heterocycles. The van der Waals surface area contributed by atoms with Gasteiger partial charge in [0, 0.05) is 12.1 Å². The van der Waals surface area contributed by atoms with Crippen molar-refractivity contribution in [1.29, 1.82) is 0 Å². The molecule has 1 heterocycles. The van der Waals surface area contributed by atoms with Crippen molar-refractivity contribution in [1.82, 2.24) is 5.32 Å². The molecule has 6 heteroatoms. The lowest BCUT2D eigenvalue weighted by molar-refractivity contribution is -0.118. The third kappa shape index (κ3) is 6.33. The number of rotatable bonds is 9. The smallest absolute Gasteiger partial charge is 0.287 e. The maximum atomic E-state index is 13.0. The van der Waals surface area contributed by atoms with Crippen LogP contribution in [0.1, 0.15) is 21.7 Å². The predicted octanol–water partition coefficient (Wildman–Crippen LogP) is 4.84. The molecule has 6 nitrogen and oxygen atoms in total. The second-order valence-electron chi connectivity index (χ2n) is 7.48. The number of carbonyl (C=O) groups is 2. The van der Waals surface area contributed by atoms with Crippen LogP contribution in [-0.4, -0.2) is 17.9 Å². The number of ether oxygens (including phenoxy) is 1. The van der Waals surface area contributed by atoms with Gasteiger partial charge < -0.3 is 19.8 Å². The van der Waals surface area contributed by atoms with Gasteiger partial charge in [-0.25, -0.2) is 0 Å². The molecule has 2 amide bonds. The standard InChI is InChI=1S/C27H24N2O4/c30-26(28-22-13-15-23(16-14-22)33-19-21-10-5-2-6-11-21)24(18-20-8-3-1-4-9-20)29-27(31)25-12-7-17-32-25/h1-17,24H,18-19H2,(H,28,30)(H,29,31)/t24-/m1/s1. The van der Waals surface area contributed by atoms with Crippen molar-refractivity contribution in [2.75, 3.05) is 5.32 Å². The molecule has 0 unspecified atom stereocenters. The van der Waals surface area contributed by atoms with Gasteiger partial charge in [-0.05, 0) is 47.5 Å². The molecule has 166 valence electrons. The Balaban J connectivity index is 1.40. The summed E-state index contributed by atoms with van der Waals surface area (Å²) in [6.07, 6.45) is 1.76. The van der Waals surface area contributed by atoms with E-state index in [9.17, 15) is 9.59 Å². The van der Waals surface area contributed by atoms with Gasteiger partial charge >= 0.3 is 0 Å². The van der Waals surface area contributed by atoms with Gasteiger partial charge in [0.1, 0.15) is 18.4 Å². The molecule has 3 aromatic carbocycles. The fourth-order valence-electron chi connectivity index (χ4n) is 3.30. The van der Waals surface area contributed by atoms with E-state index in [4.69, 9.17) is 9.15 Å². The van der Waals surface area contributed by atoms with Gasteiger partial charge in [-0.3, -0.25) is 9.59 Å². The van der Waals surface area contributed by atoms with Crippen molar-refractivity contribution in [2.45, 2.75) is 19.1 Å². The minimum absolute atomic E-state index is 0.153. The highest BCUT2D eigenvalue weighted by molar-refractivity contribution is 6.00. The normalized spacial score (nSPS) is 11.4. The van der Waals surface area contributed by atoms with Crippen molar-refractivity contribution in [2.24, 2.45) is 0 Å². The zero-order valence-electron chi connectivity index (χ0n) is 17.9. The minimum Gasteiger partial charge on any atom is -0.489 e. The molecule has 0 bridgehead atoms. The molecule has 4 aromatic rings. The van der Waals surface area contributed by atoms with Gasteiger partial charge in [0.05, 0.1) is 6.26 Å². The van der Waals surface area contributed by atoms with Crippen LogP contribution in [0.15, 0.2) is 108 Å². The van der Waals surface area contributed by atoms with Crippen LogP contribution in [-0.2, 0) is 17.8 Å². The summed E-state index contributed by atoms with van der Waals surface area (Å²) in [6.45, 7) is 0.463. The topological polar surface area (TPSA) is 80.6 Å². The van der Waals surface area contributed by atoms with Crippen molar-refractivity contribution in [3.8, 4) is 5.75 Å². The second kappa shape index (κ2) is 10.8. The first-order valence-electron chi connectivity index (χ1n) is 10.6. The fraction of sp³-hybridized carbons (Fsp3) is 0.111. The molecule has 0 radical (unpaired) electrons. The molecule has 0 aliphatic rings. The van der Waals surface area contributed by atoms with Gasteiger partial charge in [0.2, 0.25) is 5.91 Å². The summed E-state index contributed by atoms with van der Waals surface area (Å²) < 4.78 is 10.9. The van der Waals surface area contributed by atoms with Crippen LogP contribution in [0.3, 0.4) is 0 Å². The molecule has 2 N–H and O–H groups in total. The first kappa shape index (κ1) is 21.9. The average molecular weight is 440 g/mol. The average Bonchev–Trinajstić information content (AvgIpc) is 3.40. The Labute approximate surface area is 192 Å². The molecule has 1 aromatic heterocycles. The van der Waals surface area contributed by atoms with Crippen LogP contribution in [0.5, 0.6) is 5.75 Å². The van der Waals surface area contributed by atoms with E-state index >= 15 is 0 Å². The van der Waals surface area contributed by atoms with Gasteiger partial charge in [-0.2, -0.15) is 0 Å². The summed E-state index contributed by atoms with van der Waals surface area (Å²) in [5.74, 6) is 0.0852. The van der Waals surface area contributed by atoms with E-state index in [0.717, 1.165) is 11.1 Å². The van der Waals surface area contributed by atoms with Gasteiger partial charge in [0.15, 0.2) is 5.76 Å². The van der Waals surface area contributed by atoms with Crippen molar-refractivity contribution < 1.29 is 18.7 Å². The van der Waals surface area contributed by atoms with Gasteiger partial charge in [-0.15, -0.1) is 0 Å². The summed E-state index contributed by atoms with van der Waals surface area (Å²) in [5.41, 5.74) is 2.62. The van der Waals surface area contributed by atoms with E-state index in [-0.39, 0.29) is 11.7 Å². The first-order valence-corrected chi connectivity index (χ1v) is 10.6. The van der Waals surface area contributed by atoms with Crippen molar-refractivity contribution in [3.63, 3.8) is 0 Å². The van der Waals surface area contributed by atoms with E-state index in [0.29, 0.717) is 24.5 Å². The monoisotopic (exact) mass is 440 g/mol. The SMILES string of the molecule is O=C(N[C@H](Cc1ccccc1)C(=O)Nc1ccc(OCc2ccccc2)cc1)c1ccco1. The Hall–Kier alpha value is -4.32. The number of benzene rings is 3. The maximum absolute atomic E-state index is 13.0. The van der Waals surface area contributed by atoms with E-state index in [1.807, 2.05) is 60.7 Å². The zero-order valence-corrected chi connectivity index (χ0v) is 17.9. The van der Waals surface area contributed by atoms with Crippen molar-refractivity contribution >= 4 is 17.5 Å². The van der Waals surface area contributed by atoms with Gasteiger partial charge in [0.25, 0.3) is 5.91 Å².